The maximum atomic E-state index is 13.3. The molecule has 3 saturated heterocycles. The number of amides is 4. The molecule has 7 nitrogen and oxygen atoms in total. The second-order valence-electron chi connectivity index (χ2n) is 10.5. The van der Waals surface area contributed by atoms with Gasteiger partial charge in [-0.3, -0.25) is 9.59 Å². The van der Waals surface area contributed by atoms with Crippen LogP contribution in [-0.4, -0.2) is 60.4 Å². The summed E-state index contributed by atoms with van der Waals surface area (Å²) in [4.78, 5) is 44.3. The maximum absolute atomic E-state index is 13.3. The van der Waals surface area contributed by atoms with E-state index < -0.39 is 0 Å². The molecule has 2 aromatic rings. The van der Waals surface area contributed by atoms with Gasteiger partial charge < -0.3 is 20.0 Å². The summed E-state index contributed by atoms with van der Waals surface area (Å²) >= 11 is 0. The van der Waals surface area contributed by atoms with Crippen LogP contribution in [0.5, 0.6) is 0 Å². The number of aryl methyl sites for hydroxylation is 2. The molecule has 3 aliphatic heterocycles. The molecule has 0 aliphatic carbocycles. The first-order valence-electron chi connectivity index (χ1n) is 12.6. The second-order valence-corrected chi connectivity index (χ2v) is 10.5. The molecule has 1 unspecified atom stereocenters. The van der Waals surface area contributed by atoms with Crippen molar-refractivity contribution >= 4 is 29.2 Å². The van der Waals surface area contributed by atoms with Crippen LogP contribution in [0.15, 0.2) is 48.5 Å². The minimum Gasteiger partial charge on any atom is -0.342 e. The zero-order valence-electron chi connectivity index (χ0n) is 20.6. The van der Waals surface area contributed by atoms with Crippen molar-refractivity contribution in [3.05, 3.63) is 59.7 Å². The molecule has 35 heavy (non-hydrogen) atoms. The average Bonchev–Trinajstić information content (AvgIpc) is 3.45. The van der Waals surface area contributed by atoms with Gasteiger partial charge in [0.15, 0.2) is 0 Å². The molecule has 1 atom stereocenters. The van der Waals surface area contributed by atoms with Crippen molar-refractivity contribution in [1.82, 2.24) is 9.80 Å². The Kier molecular flexibility index (Phi) is 6.26. The summed E-state index contributed by atoms with van der Waals surface area (Å²) in [5, 5.41) is 3.06. The summed E-state index contributed by atoms with van der Waals surface area (Å²) in [7, 11) is 0. The molecular formula is C28H34N4O3. The largest absolute Gasteiger partial charge is 0.342 e. The van der Waals surface area contributed by atoms with Gasteiger partial charge in [-0.25, -0.2) is 4.79 Å². The van der Waals surface area contributed by atoms with E-state index in [9.17, 15) is 14.4 Å². The fourth-order valence-electron chi connectivity index (χ4n) is 5.85. The molecular weight excluding hydrogens is 440 g/mol. The third-order valence-corrected chi connectivity index (χ3v) is 8.03. The normalized spacial score (nSPS) is 21.6. The van der Waals surface area contributed by atoms with Crippen LogP contribution in [0, 0.1) is 25.2 Å². The van der Waals surface area contributed by atoms with Crippen LogP contribution in [-0.2, 0) is 9.59 Å². The highest BCUT2D eigenvalue weighted by Gasteiger charge is 2.45. The number of nitrogens with zero attached hydrogens (tertiary/aromatic N) is 3. The predicted molar refractivity (Wildman–Crippen MR) is 136 cm³/mol. The highest BCUT2D eigenvalue weighted by atomic mass is 16.2. The van der Waals surface area contributed by atoms with Gasteiger partial charge in [0, 0.05) is 50.5 Å². The molecule has 0 bridgehead atoms. The summed E-state index contributed by atoms with van der Waals surface area (Å²) in [6.07, 6.45) is 3.05. The van der Waals surface area contributed by atoms with Crippen molar-refractivity contribution in [2.45, 2.75) is 39.5 Å². The van der Waals surface area contributed by atoms with Crippen molar-refractivity contribution in [1.29, 1.82) is 0 Å². The fourth-order valence-corrected chi connectivity index (χ4v) is 5.85. The molecule has 1 spiro atoms. The Morgan fingerprint density at radius 2 is 1.63 bits per heavy atom. The SMILES string of the molecule is Cc1ccc(NC(=O)N2CCC3(CC2)CCN(C(=O)C2CC(=O)N(c4ccccc4)C2)C3)c(C)c1. The number of rotatable bonds is 3. The highest BCUT2D eigenvalue weighted by Crippen LogP contribution is 2.41. The monoisotopic (exact) mass is 474 g/mol. The van der Waals surface area contributed by atoms with Gasteiger partial charge in [-0.15, -0.1) is 0 Å². The Hall–Kier alpha value is -3.35. The number of benzene rings is 2. The van der Waals surface area contributed by atoms with E-state index in [2.05, 4.69) is 11.4 Å². The lowest BCUT2D eigenvalue weighted by atomic mass is 9.78. The minimum absolute atomic E-state index is 0.0200. The highest BCUT2D eigenvalue weighted by molar-refractivity contribution is 6.00. The number of likely N-dealkylation sites (tertiary alicyclic amines) is 2. The maximum Gasteiger partial charge on any atom is 0.321 e. The van der Waals surface area contributed by atoms with E-state index in [4.69, 9.17) is 0 Å². The van der Waals surface area contributed by atoms with Crippen molar-refractivity contribution < 1.29 is 14.4 Å². The number of para-hydroxylation sites is 1. The van der Waals surface area contributed by atoms with Crippen LogP contribution in [0.1, 0.15) is 36.8 Å². The summed E-state index contributed by atoms with van der Waals surface area (Å²) in [6.45, 7) is 7.37. The van der Waals surface area contributed by atoms with Crippen LogP contribution in [0.3, 0.4) is 0 Å². The van der Waals surface area contributed by atoms with Crippen molar-refractivity contribution in [2.24, 2.45) is 11.3 Å². The van der Waals surface area contributed by atoms with Crippen LogP contribution in [0.2, 0.25) is 0 Å². The third-order valence-electron chi connectivity index (χ3n) is 8.03. The van der Waals surface area contributed by atoms with Gasteiger partial charge in [0.2, 0.25) is 11.8 Å². The van der Waals surface area contributed by atoms with Crippen LogP contribution in [0.25, 0.3) is 0 Å². The summed E-state index contributed by atoms with van der Waals surface area (Å²) < 4.78 is 0. The van der Waals surface area contributed by atoms with Gasteiger partial charge >= 0.3 is 6.03 Å². The first-order chi connectivity index (χ1) is 16.8. The topological polar surface area (TPSA) is 73.0 Å². The van der Waals surface area contributed by atoms with Gasteiger partial charge in [0.1, 0.15) is 0 Å². The molecule has 1 N–H and O–H groups in total. The van der Waals surface area contributed by atoms with E-state index in [1.165, 1.54) is 5.56 Å². The number of hydrogen-bond donors (Lipinski definition) is 1. The van der Waals surface area contributed by atoms with E-state index in [0.717, 1.165) is 49.3 Å². The summed E-state index contributed by atoms with van der Waals surface area (Å²) in [6, 6.07) is 15.6. The van der Waals surface area contributed by atoms with E-state index in [1.807, 2.05) is 66.1 Å². The first kappa shape index (κ1) is 23.4. The van der Waals surface area contributed by atoms with Crippen LogP contribution >= 0.6 is 0 Å². The molecule has 3 fully saturated rings. The van der Waals surface area contributed by atoms with Crippen LogP contribution < -0.4 is 10.2 Å². The number of carbonyl (C=O) groups excluding carboxylic acids is 3. The summed E-state index contributed by atoms with van der Waals surface area (Å²) in [5.41, 5.74) is 4.03. The minimum atomic E-state index is -0.276. The predicted octanol–water partition coefficient (Wildman–Crippen LogP) is 4.20. The zero-order chi connectivity index (χ0) is 24.6. The third kappa shape index (κ3) is 4.77. The van der Waals surface area contributed by atoms with Gasteiger partial charge in [-0.2, -0.15) is 0 Å². The number of carbonyl (C=O) groups is 3. The van der Waals surface area contributed by atoms with Gasteiger partial charge in [-0.1, -0.05) is 35.9 Å². The molecule has 3 aliphatic rings. The molecule has 0 aromatic heterocycles. The Morgan fingerprint density at radius 1 is 0.943 bits per heavy atom. The van der Waals surface area contributed by atoms with Crippen LogP contribution in [0.4, 0.5) is 16.2 Å². The molecule has 7 heteroatoms. The van der Waals surface area contributed by atoms with Crippen molar-refractivity contribution in [3.8, 4) is 0 Å². The van der Waals surface area contributed by atoms with E-state index in [1.54, 1.807) is 4.90 Å². The molecule has 0 saturated carbocycles. The van der Waals surface area contributed by atoms with Crippen molar-refractivity contribution in [2.75, 3.05) is 42.9 Å². The lowest BCUT2D eigenvalue weighted by Crippen LogP contribution is -2.46. The molecule has 5 rings (SSSR count). The van der Waals surface area contributed by atoms with Gasteiger partial charge in [-0.05, 0) is 62.3 Å². The fraction of sp³-hybridized carbons (Fsp3) is 0.464. The molecule has 3 heterocycles. The van der Waals surface area contributed by atoms with E-state index in [0.29, 0.717) is 19.6 Å². The Balaban J connectivity index is 1.15. The molecule has 4 amide bonds. The number of anilines is 2. The average molecular weight is 475 g/mol. The number of urea groups is 1. The Morgan fingerprint density at radius 3 is 2.31 bits per heavy atom. The molecule has 184 valence electrons. The van der Waals surface area contributed by atoms with Gasteiger partial charge in [0.25, 0.3) is 0 Å². The number of hydrogen-bond acceptors (Lipinski definition) is 3. The molecule has 0 radical (unpaired) electrons. The zero-order valence-corrected chi connectivity index (χ0v) is 20.6. The Bertz CT molecular complexity index is 1120. The van der Waals surface area contributed by atoms with Gasteiger partial charge in [0.05, 0.1) is 5.92 Å². The van der Waals surface area contributed by atoms with Crippen molar-refractivity contribution in [3.63, 3.8) is 0 Å². The standard InChI is InChI=1S/C28H34N4O3/c1-20-8-9-24(21(2)16-20)29-27(35)30-13-10-28(11-14-30)12-15-31(19-28)26(34)22-17-25(33)32(18-22)23-6-4-3-5-7-23/h3-9,16,22H,10-15,17-19H2,1-2H3,(H,29,35). The number of piperidine rings is 1. The summed E-state index contributed by atoms with van der Waals surface area (Å²) in [5.74, 6) is -0.156. The lowest BCUT2D eigenvalue weighted by molar-refractivity contribution is -0.135. The van der Waals surface area contributed by atoms with E-state index >= 15 is 0 Å². The Labute approximate surface area is 207 Å². The second kappa shape index (κ2) is 9.36. The first-order valence-corrected chi connectivity index (χ1v) is 12.6. The number of nitrogens with one attached hydrogen (secondary N) is 1. The quantitative estimate of drug-likeness (QED) is 0.725. The van der Waals surface area contributed by atoms with E-state index in [-0.39, 0.29) is 35.6 Å². The smallest absolute Gasteiger partial charge is 0.321 e. The molecule has 2 aromatic carbocycles. The lowest BCUT2D eigenvalue weighted by Gasteiger charge is -2.39.